The molecule has 0 bridgehead atoms. The first kappa shape index (κ1) is 22.2. The van der Waals surface area contributed by atoms with E-state index in [2.05, 4.69) is 10.0 Å². The summed E-state index contributed by atoms with van der Waals surface area (Å²) in [6, 6.07) is 8.63. The number of benzene rings is 2. The second-order valence-electron chi connectivity index (χ2n) is 6.79. The van der Waals surface area contributed by atoms with Crippen LogP contribution in [0.4, 0.5) is 11.4 Å². The molecule has 0 saturated carbocycles. The van der Waals surface area contributed by atoms with Gasteiger partial charge in [-0.25, -0.2) is 21.1 Å². The molecule has 11 heteroatoms. The topological polar surface area (TPSA) is 114 Å². The molecule has 2 N–H and O–H groups in total. The van der Waals surface area contributed by atoms with Crippen LogP contribution < -0.4 is 19.5 Å². The Morgan fingerprint density at radius 3 is 2.23 bits per heavy atom. The average Bonchev–Trinajstić information content (AvgIpc) is 2.93. The normalized spacial score (nSPS) is 14.3. The Balaban J connectivity index is 2.00. The molecule has 0 aromatic heterocycles. The lowest BCUT2D eigenvalue weighted by Crippen LogP contribution is -2.22. The summed E-state index contributed by atoms with van der Waals surface area (Å²) in [5.74, 6) is 0.838. The van der Waals surface area contributed by atoms with Gasteiger partial charge >= 0.3 is 0 Å². The number of ether oxygens (including phenoxy) is 2. The van der Waals surface area contributed by atoms with Gasteiger partial charge in [-0.05, 0) is 37.3 Å². The van der Waals surface area contributed by atoms with E-state index in [9.17, 15) is 16.8 Å². The highest BCUT2D eigenvalue weighted by Crippen LogP contribution is 2.34. The Hall–Kier alpha value is -2.50. The van der Waals surface area contributed by atoms with Crippen molar-refractivity contribution in [2.45, 2.75) is 23.1 Å². The summed E-state index contributed by atoms with van der Waals surface area (Å²) >= 11 is 0. The van der Waals surface area contributed by atoms with Gasteiger partial charge in [0.1, 0.15) is 0 Å². The molecule has 0 radical (unpaired) electrons. The van der Waals surface area contributed by atoms with Crippen LogP contribution in [0.2, 0.25) is 0 Å². The SMILES string of the molecule is CCNc1ccc(S(=O)(=O)N(C)C)cc1NS(=O)(=O)c1ccc2c(c1)OCCCO2. The Kier molecular flexibility index (Phi) is 6.44. The number of fused-ring (bicyclic) bond motifs is 1. The minimum atomic E-state index is -4.02. The molecular weight excluding hydrogens is 430 g/mol. The van der Waals surface area contributed by atoms with Crippen LogP contribution in [-0.2, 0) is 20.0 Å². The Morgan fingerprint density at radius 2 is 1.57 bits per heavy atom. The van der Waals surface area contributed by atoms with E-state index >= 15 is 0 Å². The highest BCUT2D eigenvalue weighted by Gasteiger charge is 2.23. The van der Waals surface area contributed by atoms with E-state index in [1.807, 2.05) is 6.92 Å². The van der Waals surface area contributed by atoms with E-state index in [0.29, 0.717) is 43.4 Å². The number of nitrogens with zero attached hydrogens (tertiary/aromatic N) is 1. The van der Waals surface area contributed by atoms with Gasteiger partial charge in [0.05, 0.1) is 34.4 Å². The summed E-state index contributed by atoms with van der Waals surface area (Å²) in [5.41, 5.74) is 0.597. The Morgan fingerprint density at radius 1 is 0.900 bits per heavy atom. The summed E-state index contributed by atoms with van der Waals surface area (Å²) in [7, 11) is -4.93. The molecule has 0 aliphatic carbocycles. The quantitative estimate of drug-likeness (QED) is 0.659. The highest BCUT2D eigenvalue weighted by molar-refractivity contribution is 7.92. The third kappa shape index (κ3) is 4.63. The van der Waals surface area contributed by atoms with Crippen molar-refractivity contribution in [3.63, 3.8) is 0 Å². The van der Waals surface area contributed by atoms with E-state index < -0.39 is 20.0 Å². The van der Waals surface area contributed by atoms with E-state index in [1.54, 1.807) is 6.07 Å². The smallest absolute Gasteiger partial charge is 0.262 e. The molecular formula is C19H25N3O6S2. The molecule has 0 spiro atoms. The number of anilines is 2. The molecule has 0 unspecified atom stereocenters. The lowest BCUT2D eigenvalue weighted by Gasteiger charge is -2.17. The molecule has 3 rings (SSSR count). The third-order valence-electron chi connectivity index (χ3n) is 4.41. The van der Waals surface area contributed by atoms with E-state index in [0.717, 1.165) is 4.31 Å². The molecule has 0 atom stereocenters. The molecule has 30 heavy (non-hydrogen) atoms. The molecule has 1 aliphatic heterocycles. The van der Waals surface area contributed by atoms with Crippen LogP contribution in [0.5, 0.6) is 11.5 Å². The van der Waals surface area contributed by atoms with Gasteiger partial charge in [-0.3, -0.25) is 4.72 Å². The lowest BCUT2D eigenvalue weighted by molar-refractivity contribution is 0.297. The Bertz CT molecular complexity index is 1130. The first-order valence-electron chi connectivity index (χ1n) is 9.38. The zero-order valence-electron chi connectivity index (χ0n) is 17.0. The first-order valence-corrected chi connectivity index (χ1v) is 12.3. The summed E-state index contributed by atoms with van der Waals surface area (Å²) < 4.78 is 65.7. The molecule has 2 aromatic rings. The zero-order valence-corrected chi connectivity index (χ0v) is 18.6. The fourth-order valence-electron chi connectivity index (χ4n) is 2.84. The predicted octanol–water partition coefficient (Wildman–Crippen LogP) is 2.33. The lowest BCUT2D eigenvalue weighted by atomic mass is 10.2. The van der Waals surface area contributed by atoms with Crippen LogP contribution >= 0.6 is 0 Å². The summed E-state index contributed by atoms with van der Waals surface area (Å²) in [4.78, 5) is -0.0411. The molecule has 1 aliphatic rings. The van der Waals surface area contributed by atoms with Crippen molar-refractivity contribution in [2.75, 3.05) is 43.9 Å². The fourth-order valence-corrected chi connectivity index (χ4v) is 4.85. The van der Waals surface area contributed by atoms with E-state index in [1.165, 1.54) is 44.4 Å². The first-order chi connectivity index (χ1) is 14.1. The summed E-state index contributed by atoms with van der Waals surface area (Å²) in [6.45, 7) is 3.31. The standard InChI is InChI=1S/C19H25N3O6S2/c1-4-20-16-8-6-15(30(25,26)22(2)3)12-17(16)21-29(23,24)14-7-9-18-19(13-14)28-11-5-10-27-18/h6-9,12-13,20-21H,4-5,10-11H2,1-3H3. The Labute approximate surface area is 177 Å². The monoisotopic (exact) mass is 455 g/mol. The second-order valence-corrected chi connectivity index (χ2v) is 10.6. The number of nitrogens with one attached hydrogen (secondary N) is 2. The molecule has 2 aromatic carbocycles. The van der Waals surface area contributed by atoms with Gasteiger partial charge < -0.3 is 14.8 Å². The third-order valence-corrected chi connectivity index (χ3v) is 7.58. The molecule has 0 saturated heterocycles. The van der Waals surface area contributed by atoms with Gasteiger partial charge in [-0.2, -0.15) is 0 Å². The van der Waals surface area contributed by atoms with Gasteiger partial charge in [0.15, 0.2) is 11.5 Å². The molecule has 1 heterocycles. The van der Waals surface area contributed by atoms with Crippen molar-refractivity contribution in [1.29, 1.82) is 0 Å². The maximum absolute atomic E-state index is 13.0. The van der Waals surface area contributed by atoms with Gasteiger partial charge in [-0.15, -0.1) is 0 Å². The van der Waals surface area contributed by atoms with Crippen molar-refractivity contribution < 1.29 is 26.3 Å². The van der Waals surface area contributed by atoms with Crippen molar-refractivity contribution in [1.82, 2.24) is 4.31 Å². The average molecular weight is 456 g/mol. The van der Waals surface area contributed by atoms with Crippen molar-refractivity contribution in [2.24, 2.45) is 0 Å². The summed E-state index contributed by atoms with van der Waals surface area (Å²) in [6.07, 6.45) is 0.703. The zero-order chi connectivity index (χ0) is 21.9. The van der Waals surface area contributed by atoms with Gasteiger partial charge in [-0.1, -0.05) is 0 Å². The molecule has 0 fully saturated rings. The van der Waals surface area contributed by atoms with Crippen LogP contribution in [-0.4, -0.2) is 55.0 Å². The number of sulfonamides is 2. The van der Waals surface area contributed by atoms with Crippen molar-refractivity contribution >= 4 is 31.4 Å². The molecule has 0 amide bonds. The van der Waals surface area contributed by atoms with Gasteiger partial charge in [0.25, 0.3) is 10.0 Å². The van der Waals surface area contributed by atoms with Crippen molar-refractivity contribution in [3.05, 3.63) is 36.4 Å². The maximum atomic E-state index is 13.0. The minimum absolute atomic E-state index is 0.0185. The largest absolute Gasteiger partial charge is 0.490 e. The number of rotatable bonds is 7. The minimum Gasteiger partial charge on any atom is -0.490 e. The van der Waals surface area contributed by atoms with Crippen LogP contribution in [0.25, 0.3) is 0 Å². The van der Waals surface area contributed by atoms with E-state index in [-0.39, 0.29) is 15.5 Å². The van der Waals surface area contributed by atoms with Crippen LogP contribution in [0.1, 0.15) is 13.3 Å². The highest BCUT2D eigenvalue weighted by atomic mass is 32.2. The second kappa shape index (κ2) is 8.70. The predicted molar refractivity (Wildman–Crippen MR) is 114 cm³/mol. The van der Waals surface area contributed by atoms with Gasteiger partial charge in [0.2, 0.25) is 10.0 Å². The number of hydrogen-bond acceptors (Lipinski definition) is 7. The van der Waals surface area contributed by atoms with Crippen LogP contribution in [0, 0.1) is 0 Å². The van der Waals surface area contributed by atoms with E-state index in [4.69, 9.17) is 9.47 Å². The number of hydrogen-bond donors (Lipinski definition) is 2. The van der Waals surface area contributed by atoms with Crippen LogP contribution in [0.15, 0.2) is 46.2 Å². The van der Waals surface area contributed by atoms with Crippen LogP contribution in [0.3, 0.4) is 0 Å². The van der Waals surface area contributed by atoms with Crippen molar-refractivity contribution in [3.8, 4) is 11.5 Å². The fraction of sp³-hybridized carbons (Fsp3) is 0.368. The summed E-state index contributed by atoms with van der Waals surface area (Å²) in [5, 5.41) is 3.04. The molecule has 164 valence electrons. The molecule has 9 nitrogen and oxygen atoms in total. The van der Waals surface area contributed by atoms with Gasteiger partial charge in [0, 0.05) is 33.1 Å². The maximum Gasteiger partial charge on any atom is 0.262 e.